The summed E-state index contributed by atoms with van der Waals surface area (Å²) in [6, 6.07) is 6.18. The predicted octanol–water partition coefficient (Wildman–Crippen LogP) is 1.42. The Bertz CT molecular complexity index is 959. The van der Waals surface area contributed by atoms with E-state index in [1.807, 2.05) is 0 Å². The van der Waals surface area contributed by atoms with Crippen LogP contribution in [0.1, 0.15) is 40.8 Å². The molecule has 1 aromatic carbocycles. The lowest BCUT2D eigenvalue weighted by molar-refractivity contribution is 0.0704. The van der Waals surface area contributed by atoms with Crippen LogP contribution in [0.25, 0.3) is 0 Å². The molecule has 10 heteroatoms. The number of hydrogen-bond acceptors (Lipinski definition) is 7. The van der Waals surface area contributed by atoms with Gasteiger partial charge in [0, 0.05) is 37.7 Å². The molecule has 2 aliphatic rings. The molecule has 4 rings (SSSR count). The summed E-state index contributed by atoms with van der Waals surface area (Å²) >= 11 is 0. The van der Waals surface area contributed by atoms with Crippen LogP contribution in [-0.4, -0.2) is 73.1 Å². The molecule has 0 saturated carbocycles. The van der Waals surface area contributed by atoms with Crippen molar-refractivity contribution in [3.8, 4) is 0 Å². The van der Waals surface area contributed by atoms with Gasteiger partial charge in [-0.15, -0.1) is 0 Å². The van der Waals surface area contributed by atoms with E-state index in [9.17, 15) is 13.2 Å². The molecule has 0 atom stereocenters. The first-order valence-electron chi connectivity index (χ1n) is 9.72. The van der Waals surface area contributed by atoms with Crippen molar-refractivity contribution in [1.82, 2.24) is 19.3 Å². The van der Waals surface area contributed by atoms with E-state index < -0.39 is 10.0 Å². The van der Waals surface area contributed by atoms with Crippen molar-refractivity contribution >= 4 is 15.9 Å². The van der Waals surface area contributed by atoms with E-state index in [0.717, 1.165) is 12.8 Å². The van der Waals surface area contributed by atoms with E-state index in [2.05, 4.69) is 10.1 Å². The molecule has 2 aliphatic heterocycles. The van der Waals surface area contributed by atoms with Crippen molar-refractivity contribution in [3.63, 3.8) is 0 Å². The summed E-state index contributed by atoms with van der Waals surface area (Å²) in [6.45, 7) is 4.46. The molecule has 1 aromatic heterocycles. The van der Waals surface area contributed by atoms with E-state index in [4.69, 9.17) is 9.26 Å². The van der Waals surface area contributed by atoms with Crippen molar-refractivity contribution < 1.29 is 22.5 Å². The van der Waals surface area contributed by atoms with Crippen LogP contribution in [0.15, 0.2) is 33.7 Å². The van der Waals surface area contributed by atoms with E-state index in [1.165, 1.54) is 16.4 Å². The Labute approximate surface area is 169 Å². The summed E-state index contributed by atoms with van der Waals surface area (Å²) in [6.07, 6.45) is 1.52. The Morgan fingerprint density at radius 1 is 1.07 bits per heavy atom. The average Bonchev–Trinajstić information content (AvgIpc) is 3.20. The van der Waals surface area contributed by atoms with Crippen LogP contribution in [0.2, 0.25) is 0 Å². The van der Waals surface area contributed by atoms with Gasteiger partial charge in [-0.25, -0.2) is 8.42 Å². The summed E-state index contributed by atoms with van der Waals surface area (Å²) in [5, 5.41) is 3.83. The Balaban J connectivity index is 1.39. The summed E-state index contributed by atoms with van der Waals surface area (Å²) in [7, 11) is -3.56. The van der Waals surface area contributed by atoms with Crippen LogP contribution in [-0.2, 0) is 14.8 Å². The molecule has 0 spiro atoms. The summed E-state index contributed by atoms with van der Waals surface area (Å²) in [5.41, 5.74) is 0.484. The van der Waals surface area contributed by atoms with E-state index >= 15 is 0 Å². The van der Waals surface area contributed by atoms with Crippen LogP contribution in [0.4, 0.5) is 0 Å². The van der Waals surface area contributed by atoms with Crippen LogP contribution >= 0.6 is 0 Å². The fourth-order valence-electron chi connectivity index (χ4n) is 3.70. The van der Waals surface area contributed by atoms with Crippen molar-refractivity contribution in [2.24, 2.45) is 0 Å². The molecular weight excluding hydrogens is 396 g/mol. The maximum Gasteiger partial charge on any atom is 0.253 e. The Kier molecular flexibility index (Phi) is 5.66. The van der Waals surface area contributed by atoms with Gasteiger partial charge in [-0.2, -0.15) is 9.29 Å². The van der Waals surface area contributed by atoms with Gasteiger partial charge in [0.1, 0.15) is 0 Å². The first-order chi connectivity index (χ1) is 13.9. The largest absolute Gasteiger partial charge is 0.379 e. The van der Waals surface area contributed by atoms with Gasteiger partial charge in [-0.1, -0.05) is 5.16 Å². The minimum atomic E-state index is -3.56. The molecule has 2 fully saturated rings. The van der Waals surface area contributed by atoms with Crippen LogP contribution < -0.4 is 0 Å². The van der Waals surface area contributed by atoms with Crippen molar-refractivity contribution in [3.05, 3.63) is 41.5 Å². The first-order valence-corrected chi connectivity index (χ1v) is 11.2. The third-order valence-electron chi connectivity index (χ3n) is 5.38. The quantitative estimate of drug-likeness (QED) is 0.736. The Morgan fingerprint density at radius 2 is 1.72 bits per heavy atom. The van der Waals surface area contributed by atoms with Gasteiger partial charge in [0.15, 0.2) is 5.82 Å². The zero-order chi connectivity index (χ0) is 20.4. The molecule has 1 amide bonds. The number of hydrogen-bond donors (Lipinski definition) is 0. The predicted molar refractivity (Wildman–Crippen MR) is 103 cm³/mol. The highest BCUT2D eigenvalue weighted by Gasteiger charge is 2.29. The first kappa shape index (κ1) is 20.0. The number of benzene rings is 1. The number of likely N-dealkylation sites (tertiary alicyclic amines) is 1. The number of piperidine rings is 1. The second kappa shape index (κ2) is 8.21. The highest BCUT2D eigenvalue weighted by Crippen LogP contribution is 2.27. The minimum absolute atomic E-state index is 0.0968. The average molecular weight is 420 g/mol. The van der Waals surface area contributed by atoms with E-state index in [-0.39, 0.29) is 16.7 Å². The minimum Gasteiger partial charge on any atom is -0.379 e. The molecule has 2 aromatic rings. The number of ether oxygens (including phenoxy) is 1. The van der Waals surface area contributed by atoms with Gasteiger partial charge in [-0.05, 0) is 44.0 Å². The molecule has 156 valence electrons. The van der Waals surface area contributed by atoms with Gasteiger partial charge in [-0.3, -0.25) is 4.79 Å². The van der Waals surface area contributed by atoms with Crippen molar-refractivity contribution in [2.45, 2.75) is 30.6 Å². The topological polar surface area (TPSA) is 106 Å². The monoisotopic (exact) mass is 420 g/mol. The number of carbonyl (C=O) groups is 1. The van der Waals surface area contributed by atoms with Crippen molar-refractivity contribution in [1.29, 1.82) is 0 Å². The normalized spacial score (nSPS) is 19.4. The fourth-order valence-corrected chi connectivity index (χ4v) is 5.10. The Hall–Kier alpha value is -2.30. The SMILES string of the molecule is Cc1noc(C2CCN(C(=O)c3ccc(S(=O)(=O)N4CCOCC4)cc3)CC2)n1. The second-order valence-corrected chi connectivity index (χ2v) is 9.23. The number of amides is 1. The third-order valence-corrected chi connectivity index (χ3v) is 7.30. The van der Waals surface area contributed by atoms with Crippen LogP contribution in [0, 0.1) is 6.92 Å². The maximum absolute atomic E-state index is 12.8. The smallest absolute Gasteiger partial charge is 0.253 e. The van der Waals surface area contributed by atoms with Gasteiger partial charge in [0.25, 0.3) is 5.91 Å². The number of carbonyl (C=O) groups excluding carboxylic acids is 1. The van der Waals surface area contributed by atoms with E-state index in [1.54, 1.807) is 24.0 Å². The number of sulfonamides is 1. The molecule has 29 heavy (non-hydrogen) atoms. The highest BCUT2D eigenvalue weighted by molar-refractivity contribution is 7.89. The molecular formula is C19H24N4O5S. The molecule has 0 unspecified atom stereocenters. The summed E-state index contributed by atoms with van der Waals surface area (Å²) < 4.78 is 37.3. The van der Waals surface area contributed by atoms with Crippen LogP contribution in [0.3, 0.4) is 0 Å². The lowest BCUT2D eigenvalue weighted by Crippen LogP contribution is -2.40. The molecule has 9 nitrogen and oxygen atoms in total. The summed E-state index contributed by atoms with van der Waals surface area (Å²) in [4.78, 5) is 19.1. The van der Waals surface area contributed by atoms with Gasteiger partial charge >= 0.3 is 0 Å². The molecule has 0 aliphatic carbocycles. The van der Waals surface area contributed by atoms with Gasteiger partial charge in [0.2, 0.25) is 15.9 Å². The second-order valence-electron chi connectivity index (χ2n) is 7.29. The third kappa shape index (κ3) is 4.19. The standard InChI is InChI=1S/C19H24N4O5S/c1-14-20-18(28-21-14)15-6-8-22(9-7-15)19(24)16-2-4-17(5-3-16)29(25,26)23-10-12-27-13-11-23/h2-5,15H,6-13H2,1H3. The number of morpholine rings is 1. The van der Waals surface area contributed by atoms with E-state index in [0.29, 0.717) is 56.7 Å². The van der Waals surface area contributed by atoms with Crippen molar-refractivity contribution in [2.75, 3.05) is 39.4 Å². The number of rotatable bonds is 4. The molecule has 2 saturated heterocycles. The molecule has 0 bridgehead atoms. The number of nitrogens with zero attached hydrogens (tertiary/aromatic N) is 4. The lowest BCUT2D eigenvalue weighted by Gasteiger charge is -2.30. The lowest BCUT2D eigenvalue weighted by atomic mass is 9.96. The zero-order valence-electron chi connectivity index (χ0n) is 16.3. The van der Waals surface area contributed by atoms with Gasteiger partial charge < -0.3 is 14.2 Å². The number of aryl methyl sites for hydroxylation is 1. The van der Waals surface area contributed by atoms with Crippen LogP contribution in [0.5, 0.6) is 0 Å². The molecule has 0 radical (unpaired) electrons. The maximum atomic E-state index is 12.8. The zero-order valence-corrected chi connectivity index (χ0v) is 17.1. The molecule has 0 N–H and O–H groups in total. The number of aromatic nitrogens is 2. The Morgan fingerprint density at radius 3 is 2.31 bits per heavy atom. The highest BCUT2D eigenvalue weighted by atomic mass is 32.2. The molecule has 3 heterocycles. The fraction of sp³-hybridized carbons (Fsp3) is 0.526. The van der Waals surface area contributed by atoms with Gasteiger partial charge in [0.05, 0.1) is 18.1 Å². The summed E-state index contributed by atoms with van der Waals surface area (Å²) in [5.74, 6) is 1.32.